The van der Waals surface area contributed by atoms with E-state index >= 15 is 0 Å². The number of ether oxygens (including phenoxy) is 3. The van der Waals surface area contributed by atoms with Crippen LogP contribution in [0.15, 0.2) is 53.6 Å². The molecule has 198 valence electrons. The third-order valence-electron chi connectivity index (χ3n) is 6.58. The first-order valence-corrected chi connectivity index (χ1v) is 12.3. The van der Waals surface area contributed by atoms with E-state index in [4.69, 9.17) is 14.2 Å². The summed E-state index contributed by atoms with van der Waals surface area (Å²) in [6, 6.07) is 13.1. The molecule has 0 saturated carbocycles. The zero-order valence-corrected chi connectivity index (χ0v) is 21.3. The molecule has 9 nitrogen and oxygen atoms in total. The van der Waals surface area contributed by atoms with Gasteiger partial charge in [-0.3, -0.25) is 14.5 Å². The lowest BCUT2D eigenvalue weighted by molar-refractivity contribution is -0.143. The van der Waals surface area contributed by atoms with Crippen molar-refractivity contribution in [1.29, 1.82) is 0 Å². The van der Waals surface area contributed by atoms with Crippen LogP contribution in [0.5, 0.6) is 5.75 Å². The van der Waals surface area contributed by atoms with Gasteiger partial charge in [0.1, 0.15) is 24.7 Å². The number of amides is 2. The van der Waals surface area contributed by atoms with Crippen LogP contribution in [-0.4, -0.2) is 99.1 Å². The first-order chi connectivity index (χ1) is 18.0. The fourth-order valence-corrected chi connectivity index (χ4v) is 4.47. The largest absolute Gasteiger partial charge is 0.497 e. The van der Waals surface area contributed by atoms with Gasteiger partial charge in [0.2, 0.25) is 5.91 Å². The second-order valence-electron chi connectivity index (χ2n) is 8.99. The highest BCUT2D eigenvalue weighted by atomic mass is 19.1. The number of morpholine rings is 1. The lowest BCUT2D eigenvalue weighted by Crippen LogP contribution is -2.47. The first-order valence-electron chi connectivity index (χ1n) is 12.3. The molecule has 0 aliphatic carbocycles. The van der Waals surface area contributed by atoms with Gasteiger partial charge in [-0.05, 0) is 47.5 Å². The van der Waals surface area contributed by atoms with Crippen LogP contribution in [0.25, 0.3) is 0 Å². The predicted octanol–water partition coefficient (Wildman–Crippen LogP) is 2.32. The molecule has 2 aliphatic heterocycles. The average Bonchev–Trinajstić information content (AvgIpc) is 3.38. The lowest BCUT2D eigenvalue weighted by Gasteiger charge is -2.31. The molecule has 10 heteroatoms. The molecule has 2 aromatic rings. The molecule has 1 fully saturated rings. The summed E-state index contributed by atoms with van der Waals surface area (Å²) in [5.41, 5.74) is 2.36. The second kappa shape index (κ2) is 12.8. The van der Waals surface area contributed by atoms with Crippen LogP contribution in [0.3, 0.4) is 0 Å². The van der Waals surface area contributed by atoms with Gasteiger partial charge in [-0.2, -0.15) is 5.10 Å². The van der Waals surface area contributed by atoms with Crippen LogP contribution in [-0.2, 0) is 19.1 Å². The van der Waals surface area contributed by atoms with Crippen LogP contribution < -0.4 is 4.74 Å². The Hall–Kier alpha value is -3.34. The number of rotatable bonds is 10. The Morgan fingerprint density at radius 1 is 1.08 bits per heavy atom. The van der Waals surface area contributed by atoms with Crippen LogP contribution in [0.2, 0.25) is 0 Å². The van der Waals surface area contributed by atoms with Crippen molar-refractivity contribution < 1.29 is 28.2 Å². The maximum absolute atomic E-state index is 13.6. The molecule has 0 N–H and O–H groups in total. The van der Waals surface area contributed by atoms with Gasteiger partial charge in [-0.25, -0.2) is 9.40 Å². The number of nitrogens with zero attached hydrogens (tertiary/aromatic N) is 4. The highest BCUT2D eigenvalue weighted by molar-refractivity contribution is 6.03. The molecule has 37 heavy (non-hydrogen) atoms. The molecular formula is C27H33FN4O5. The maximum atomic E-state index is 13.6. The van der Waals surface area contributed by atoms with Crippen LogP contribution in [0.4, 0.5) is 4.39 Å². The molecule has 0 unspecified atom stereocenters. The van der Waals surface area contributed by atoms with Crippen molar-refractivity contribution in [2.75, 3.05) is 66.8 Å². The van der Waals surface area contributed by atoms with Gasteiger partial charge in [0.25, 0.3) is 5.91 Å². The lowest BCUT2D eigenvalue weighted by atomic mass is 9.98. The summed E-state index contributed by atoms with van der Waals surface area (Å²) < 4.78 is 29.3. The minimum atomic E-state index is -0.413. The summed E-state index contributed by atoms with van der Waals surface area (Å²) in [6.45, 7) is 3.65. The van der Waals surface area contributed by atoms with Crippen molar-refractivity contribution >= 4 is 17.5 Å². The molecular weight excluding hydrogens is 479 g/mol. The van der Waals surface area contributed by atoms with Crippen LogP contribution in [0.1, 0.15) is 23.6 Å². The van der Waals surface area contributed by atoms with E-state index in [-0.39, 0.29) is 30.8 Å². The molecule has 1 saturated heterocycles. The van der Waals surface area contributed by atoms with Crippen LogP contribution >= 0.6 is 0 Å². The first kappa shape index (κ1) is 26.7. The third kappa shape index (κ3) is 6.91. The maximum Gasteiger partial charge on any atom is 0.262 e. The van der Waals surface area contributed by atoms with Crippen molar-refractivity contribution in [2.45, 2.75) is 12.5 Å². The molecule has 0 aromatic heterocycles. The fourth-order valence-electron chi connectivity index (χ4n) is 4.47. The van der Waals surface area contributed by atoms with Crippen molar-refractivity contribution in [3.63, 3.8) is 0 Å². The van der Waals surface area contributed by atoms with E-state index in [1.807, 2.05) is 24.3 Å². The number of hydrogen-bond donors (Lipinski definition) is 0. The average molecular weight is 513 g/mol. The predicted molar refractivity (Wildman–Crippen MR) is 136 cm³/mol. The molecule has 2 aliphatic rings. The zero-order valence-electron chi connectivity index (χ0n) is 21.3. The Balaban J connectivity index is 1.54. The van der Waals surface area contributed by atoms with Gasteiger partial charge in [0, 0.05) is 39.7 Å². The highest BCUT2D eigenvalue weighted by Crippen LogP contribution is 2.33. The zero-order chi connectivity index (χ0) is 26.2. The standard InChI is InChI=1S/C27H33FN4O5/c1-35-19-27(34)31(12-11-30-13-15-37-16-14-30)18-26(33)32-25(21-3-7-22(28)8-4-21)17-24(29-32)20-5-9-23(36-2)10-6-20/h3-10,25H,11-19H2,1-2H3/t25-/m1/s1. The molecule has 2 amide bonds. The Labute approximate surface area is 216 Å². The molecule has 2 aromatic carbocycles. The second-order valence-corrected chi connectivity index (χ2v) is 8.99. The van der Waals surface area contributed by atoms with E-state index in [1.54, 1.807) is 19.2 Å². The Morgan fingerprint density at radius 2 is 1.78 bits per heavy atom. The number of hydrogen-bond acceptors (Lipinski definition) is 7. The smallest absolute Gasteiger partial charge is 0.262 e. The van der Waals surface area contributed by atoms with Gasteiger partial charge in [0.15, 0.2) is 0 Å². The molecule has 4 rings (SSSR count). The molecule has 1 atom stereocenters. The van der Waals surface area contributed by atoms with E-state index in [9.17, 15) is 14.0 Å². The number of carbonyl (C=O) groups is 2. The fraction of sp³-hybridized carbons (Fsp3) is 0.444. The molecule has 2 heterocycles. The van der Waals surface area contributed by atoms with Gasteiger partial charge in [0.05, 0.1) is 32.1 Å². The number of halogens is 1. The number of benzene rings is 2. The topological polar surface area (TPSA) is 83.9 Å². The number of carbonyl (C=O) groups excluding carboxylic acids is 2. The molecule has 0 bridgehead atoms. The van der Waals surface area contributed by atoms with Gasteiger partial charge in [-0.1, -0.05) is 12.1 Å². The number of methoxy groups -OCH3 is 2. The van der Waals surface area contributed by atoms with E-state index in [0.717, 1.165) is 35.7 Å². The van der Waals surface area contributed by atoms with E-state index in [1.165, 1.54) is 29.2 Å². The van der Waals surface area contributed by atoms with Gasteiger partial charge in [-0.15, -0.1) is 0 Å². The summed E-state index contributed by atoms with van der Waals surface area (Å²) in [6.07, 6.45) is 0.462. The van der Waals surface area contributed by atoms with E-state index in [2.05, 4.69) is 10.0 Å². The molecule has 0 spiro atoms. The summed E-state index contributed by atoms with van der Waals surface area (Å²) in [4.78, 5) is 30.1. The van der Waals surface area contributed by atoms with Crippen molar-refractivity contribution in [2.24, 2.45) is 5.10 Å². The quantitative estimate of drug-likeness (QED) is 0.486. The Kier molecular flexibility index (Phi) is 9.21. The van der Waals surface area contributed by atoms with Crippen molar-refractivity contribution in [3.05, 3.63) is 65.5 Å². The summed E-state index contributed by atoms with van der Waals surface area (Å²) in [7, 11) is 3.05. The van der Waals surface area contributed by atoms with Gasteiger partial charge >= 0.3 is 0 Å². The van der Waals surface area contributed by atoms with Crippen molar-refractivity contribution in [1.82, 2.24) is 14.8 Å². The SMILES string of the molecule is COCC(=O)N(CCN1CCOCC1)CC(=O)N1N=C(c2ccc(OC)cc2)C[C@@H]1c1ccc(F)cc1. The molecule has 0 radical (unpaired) electrons. The minimum absolute atomic E-state index is 0.113. The Morgan fingerprint density at radius 3 is 2.43 bits per heavy atom. The highest BCUT2D eigenvalue weighted by Gasteiger charge is 2.34. The van der Waals surface area contributed by atoms with E-state index in [0.29, 0.717) is 32.7 Å². The summed E-state index contributed by atoms with van der Waals surface area (Å²) in [5, 5.41) is 6.10. The summed E-state index contributed by atoms with van der Waals surface area (Å²) in [5.74, 6) is -0.210. The number of hydrazone groups is 1. The van der Waals surface area contributed by atoms with Crippen molar-refractivity contribution in [3.8, 4) is 5.75 Å². The summed E-state index contributed by atoms with van der Waals surface area (Å²) >= 11 is 0. The van der Waals surface area contributed by atoms with E-state index < -0.39 is 6.04 Å². The monoisotopic (exact) mass is 512 g/mol. The van der Waals surface area contributed by atoms with Gasteiger partial charge < -0.3 is 19.1 Å². The third-order valence-corrected chi connectivity index (χ3v) is 6.58. The van der Waals surface area contributed by atoms with Crippen LogP contribution in [0, 0.1) is 5.82 Å². The Bertz CT molecular complexity index is 1090. The normalized spacial score (nSPS) is 18.0. The minimum Gasteiger partial charge on any atom is -0.497 e.